The molecule has 3 aliphatic rings. The highest BCUT2D eigenvalue weighted by Crippen LogP contribution is 2.75. The van der Waals surface area contributed by atoms with Gasteiger partial charge in [-0.1, -0.05) is 20.8 Å². The number of aliphatic hydroxyl groups excluding tert-OH is 1. The molecular formula is C15H26O2. The first kappa shape index (κ1) is 12.0. The Morgan fingerprint density at radius 2 is 1.76 bits per heavy atom. The van der Waals surface area contributed by atoms with Gasteiger partial charge in [-0.2, -0.15) is 0 Å². The molecule has 0 amide bonds. The number of fused-ring (bicyclic) bond motifs is 1. The Labute approximate surface area is 104 Å². The SMILES string of the molecule is C[C@@H]1CC[C@]23[C@@H]1C[C@H](C[C@H](O)[C@@]2(C)O)C3(C)C. The monoisotopic (exact) mass is 238 g/mol. The second kappa shape index (κ2) is 3.08. The van der Waals surface area contributed by atoms with E-state index in [-0.39, 0.29) is 10.8 Å². The summed E-state index contributed by atoms with van der Waals surface area (Å²) >= 11 is 0. The van der Waals surface area contributed by atoms with E-state index in [4.69, 9.17) is 0 Å². The van der Waals surface area contributed by atoms with Crippen molar-refractivity contribution in [3.05, 3.63) is 0 Å². The van der Waals surface area contributed by atoms with Crippen LogP contribution in [-0.2, 0) is 0 Å². The van der Waals surface area contributed by atoms with Crippen molar-refractivity contribution in [1.29, 1.82) is 0 Å². The Kier molecular flexibility index (Phi) is 2.17. The van der Waals surface area contributed by atoms with Crippen molar-refractivity contribution in [1.82, 2.24) is 0 Å². The molecule has 6 atom stereocenters. The van der Waals surface area contributed by atoms with Gasteiger partial charge in [-0.3, -0.25) is 0 Å². The maximum absolute atomic E-state index is 11.0. The quantitative estimate of drug-likeness (QED) is 0.681. The van der Waals surface area contributed by atoms with Crippen LogP contribution >= 0.6 is 0 Å². The molecule has 0 aliphatic heterocycles. The highest BCUT2D eigenvalue weighted by molar-refractivity contribution is 5.23. The highest BCUT2D eigenvalue weighted by atomic mass is 16.3. The van der Waals surface area contributed by atoms with Crippen LogP contribution in [0.25, 0.3) is 0 Å². The van der Waals surface area contributed by atoms with Crippen molar-refractivity contribution in [2.45, 2.75) is 65.1 Å². The molecule has 2 nitrogen and oxygen atoms in total. The van der Waals surface area contributed by atoms with Crippen molar-refractivity contribution in [2.75, 3.05) is 0 Å². The normalized spacial score (nSPS) is 60.4. The standard InChI is InChI=1S/C15H26O2/c1-9-5-6-15-11(9)7-10(13(15,2)3)8-12(16)14(15,4)17/h9-12,16-17H,5-8H2,1-4H3/t9-,10-,11-,12+,14-,15-/m1/s1. The molecule has 1 spiro atoms. The summed E-state index contributed by atoms with van der Waals surface area (Å²) in [6.45, 7) is 8.89. The van der Waals surface area contributed by atoms with E-state index in [9.17, 15) is 10.2 Å². The molecule has 2 N–H and O–H groups in total. The van der Waals surface area contributed by atoms with E-state index in [0.29, 0.717) is 17.8 Å². The van der Waals surface area contributed by atoms with Gasteiger partial charge < -0.3 is 10.2 Å². The Hall–Kier alpha value is -0.0800. The molecule has 3 fully saturated rings. The van der Waals surface area contributed by atoms with E-state index >= 15 is 0 Å². The van der Waals surface area contributed by atoms with Crippen molar-refractivity contribution in [3.63, 3.8) is 0 Å². The third-order valence-electron chi connectivity index (χ3n) is 7.08. The van der Waals surface area contributed by atoms with Gasteiger partial charge in [0.2, 0.25) is 0 Å². The molecule has 98 valence electrons. The number of rotatable bonds is 0. The van der Waals surface area contributed by atoms with E-state index in [2.05, 4.69) is 20.8 Å². The summed E-state index contributed by atoms with van der Waals surface area (Å²) in [6.07, 6.45) is 3.76. The molecule has 0 aromatic carbocycles. The van der Waals surface area contributed by atoms with Gasteiger partial charge in [-0.25, -0.2) is 0 Å². The lowest BCUT2D eigenvalue weighted by Crippen LogP contribution is -2.64. The molecule has 3 aliphatic carbocycles. The van der Waals surface area contributed by atoms with Crippen LogP contribution in [0.2, 0.25) is 0 Å². The molecule has 3 rings (SSSR count). The Morgan fingerprint density at radius 3 is 2.41 bits per heavy atom. The fraction of sp³-hybridized carbons (Fsp3) is 1.00. The number of hydrogen-bond acceptors (Lipinski definition) is 2. The molecule has 2 heteroatoms. The van der Waals surface area contributed by atoms with Crippen molar-refractivity contribution in [3.8, 4) is 0 Å². The molecule has 0 heterocycles. The topological polar surface area (TPSA) is 40.5 Å². The lowest BCUT2D eigenvalue weighted by molar-refractivity contribution is -0.224. The van der Waals surface area contributed by atoms with Crippen LogP contribution in [0, 0.1) is 28.6 Å². The fourth-order valence-electron chi connectivity index (χ4n) is 5.99. The van der Waals surface area contributed by atoms with Gasteiger partial charge in [0, 0.05) is 5.41 Å². The maximum Gasteiger partial charge on any atom is 0.0941 e. The van der Waals surface area contributed by atoms with Gasteiger partial charge in [0.1, 0.15) is 0 Å². The van der Waals surface area contributed by atoms with Crippen LogP contribution in [0.4, 0.5) is 0 Å². The van der Waals surface area contributed by atoms with Gasteiger partial charge in [0.25, 0.3) is 0 Å². The molecule has 2 bridgehead atoms. The van der Waals surface area contributed by atoms with Crippen molar-refractivity contribution >= 4 is 0 Å². The van der Waals surface area contributed by atoms with Crippen LogP contribution in [0.5, 0.6) is 0 Å². The van der Waals surface area contributed by atoms with Crippen LogP contribution in [0.15, 0.2) is 0 Å². The summed E-state index contributed by atoms with van der Waals surface area (Å²) in [5.41, 5.74) is -0.786. The molecule has 3 saturated carbocycles. The molecule has 0 aromatic rings. The summed E-state index contributed by atoms with van der Waals surface area (Å²) in [4.78, 5) is 0. The summed E-state index contributed by atoms with van der Waals surface area (Å²) < 4.78 is 0. The van der Waals surface area contributed by atoms with E-state index in [0.717, 1.165) is 12.8 Å². The molecule has 17 heavy (non-hydrogen) atoms. The second-order valence-electron chi connectivity index (χ2n) is 7.65. The predicted octanol–water partition coefficient (Wildman–Crippen LogP) is 2.58. The van der Waals surface area contributed by atoms with Crippen LogP contribution in [-0.4, -0.2) is 21.9 Å². The van der Waals surface area contributed by atoms with E-state index < -0.39 is 11.7 Å². The Morgan fingerprint density at radius 1 is 1.12 bits per heavy atom. The maximum atomic E-state index is 11.0. The van der Waals surface area contributed by atoms with Crippen LogP contribution in [0.1, 0.15) is 53.4 Å². The molecule has 0 aromatic heterocycles. The van der Waals surface area contributed by atoms with Gasteiger partial charge in [-0.05, 0) is 55.8 Å². The zero-order chi connectivity index (χ0) is 12.6. The lowest BCUT2D eigenvalue weighted by atomic mass is 9.49. The summed E-state index contributed by atoms with van der Waals surface area (Å²) in [5, 5.41) is 21.3. The summed E-state index contributed by atoms with van der Waals surface area (Å²) in [5.74, 6) is 1.90. The minimum Gasteiger partial charge on any atom is -0.390 e. The predicted molar refractivity (Wildman–Crippen MR) is 67.5 cm³/mol. The Bertz CT molecular complexity index is 347. The summed E-state index contributed by atoms with van der Waals surface area (Å²) in [6, 6.07) is 0. The summed E-state index contributed by atoms with van der Waals surface area (Å²) in [7, 11) is 0. The lowest BCUT2D eigenvalue weighted by Gasteiger charge is -2.58. The van der Waals surface area contributed by atoms with Crippen LogP contribution in [0.3, 0.4) is 0 Å². The van der Waals surface area contributed by atoms with Crippen molar-refractivity contribution in [2.24, 2.45) is 28.6 Å². The zero-order valence-corrected chi connectivity index (χ0v) is 11.5. The first-order valence-electron chi connectivity index (χ1n) is 7.15. The van der Waals surface area contributed by atoms with Crippen molar-refractivity contribution < 1.29 is 10.2 Å². The zero-order valence-electron chi connectivity index (χ0n) is 11.5. The van der Waals surface area contributed by atoms with Gasteiger partial charge >= 0.3 is 0 Å². The third kappa shape index (κ3) is 1.06. The first-order valence-corrected chi connectivity index (χ1v) is 7.15. The second-order valence-corrected chi connectivity index (χ2v) is 7.65. The molecule has 0 radical (unpaired) electrons. The van der Waals surface area contributed by atoms with E-state index in [1.165, 1.54) is 12.8 Å². The number of aliphatic hydroxyl groups is 2. The molecule has 0 unspecified atom stereocenters. The van der Waals surface area contributed by atoms with Gasteiger partial charge in [0.15, 0.2) is 0 Å². The number of hydrogen-bond donors (Lipinski definition) is 2. The van der Waals surface area contributed by atoms with E-state index in [1.54, 1.807) is 0 Å². The first-order chi connectivity index (χ1) is 7.75. The minimum absolute atomic E-state index is 0.0538. The smallest absolute Gasteiger partial charge is 0.0941 e. The highest BCUT2D eigenvalue weighted by Gasteiger charge is 2.74. The largest absolute Gasteiger partial charge is 0.390 e. The van der Waals surface area contributed by atoms with Gasteiger partial charge in [-0.15, -0.1) is 0 Å². The third-order valence-corrected chi connectivity index (χ3v) is 7.08. The fourth-order valence-corrected chi connectivity index (χ4v) is 5.99. The van der Waals surface area contributed by atoms with Crippen LogP contribution < -0.4 is 0 Å². The van der Waals surface area contributed by atoms with E-state index in [1.807, 2.05) is 6.92 Å². The Balaban J connectivity index is 2.18. The molecule has 0 saturated heterocycles. The van der Waals surface area contributed by atoms with Gasteiger partial charge in [0.05, 0.1) is 11.7 Å². The molecular weight excluding hydrogens is 212 g/mol. The average Bonchev–Trinajstić information content (AvgIpc) is 2.62. The average molecular weight is 238 g/mol. The minimum atomic E-state index is -0.904.